The molecular weight excluding hydrogens is 376 g/mol. The molecule has 0 spiro atoms. The van der Waals surface area contributed by atoms with Gasteiger partial charge in [-0.2, -0.15) is 0 Å². The van der Waals surface area contributed by atoms with Crippen molar-refractivity contribution in [2.45, 2.75) is 25.3 Å². The molecule has 3 rings (SSSR count). The van der Waals surface area contributed by atoms with Gasteiger partial charge in [0.1, 0.15) is 40.5 Å². The van der Waals surface area contributed by atoms with Crippen molar-refractivity contribution in [2.75, 3.05) is 6.54 Å². The fourth-order valence-corrected chi connectivity index (χ4v) is 2.93. The van der Waals surface area contributed by atoms with Crippen molar-refractivity contribution >= 4 is 16.9 Å². The monoisotopic (exact) mass is 398 g/mol. The van der Waals surface area contributed by atoms with Crippen LogP contribution in [-0.4, -0.2) is 28.8 Å². The van der Waals surface area contributed by atoms with Crippen LogP contribution in [0.2, 0.25) is 0 Å². The average Bonchev–Trinajstić information content (AvgIpc) is 2.68. The summed E-state index contributed by atoms with van der Waals surface area (Å²) < 4.78 is 10.8. The lowest BCUT2D eigenvalue weighted by atomic mass is 10.0. The number of phenols is 2. The van der Waals surface area contributed by atoms with Gasteiger partial charge in [-0.15, -0.1) is 0 Å². The Morgan fingerprint density at radius 3 is 2.52 bits per heavy atom. The number of esters is 1. The van der Waals surface area contributed by atoms with E-state index in [9.17, 15) is 19.8 Å². The van der Waals surface area contributed by atoms with Crippen molar-refractivity contribution in [3.8, 4) is 28.4 Å². The highest BCUT2D eigenvalue weighted by atomic mass is 16.5. The number of rotatable bonds is 7. The topological polar surface area (TPSA) is 149 Å². The second kappa shape index (κ2) is 8.76. The number of carbonyl (C=O) groups excluding carboxylic acids is 1. The Kier molecular flexibility index (Phi) is 6.16. The maximum absolute atomic E-state index is 13.1. The standard InChI is InChI=1S/C21H22N2O6/c22-8-2-1-3-16(23)21(27)29-18-10-14(25)9-17-19(18)20(26)15(11-28-17)12-4-6-13(24)7-5-12/h4-7,9-11,16,24-25H,1-3,8,22-23H2/t16-/m0/s1. The molecule has 0 aliphatic rings. The van der Waals surface area contributed by atoms with Crippen LogP contribution in [-0.2, 0) is 4.79 Å². The number of benzene rings is 2. The first kappa shape index (κ1) is 20.4. The van der Waals surface area contributed by atoms with Gasteiger partial charge in [0.15, 0.2) is 0 Å². The van der Waals surface area contributed by atoms with Gasteiger partial charge >= 0.3 is 5.97 Å². The lowest BCUT2D eigenvalue weighted by molar-refractivity contribution is -0.135. The predicted molar refractivity (Wildman–Crippen MR) is 108 cm³/mol. The Morgan fingerprint density at radius 1 is 1.10 bits per heavy atom. The summed E-state index contributed by atoms with van der Waals surface area (Å²) in [6.07, 6.45) is 3.04. The number of hydrogen-bond acceptors (Lipinski definition) is 8. The zero-order chi connectivity index (χ0) is 21.0. The molecule has 0 saturated carbocycles. The molecule has 0 aliphatic heterocycles. The first-order valence-electron chi connectivity index (χ1n) is 9.16. The quantitative estimate of drug-likeness (QED) is 0.269. The third kappa shape index (κ3) is 4.56. The molecule has 29 heavy (non-hydrogen) atoms. The van der Waals surface area contributed by atoms with Crippen LogP contribution in [0.3, 0.4) is 0 Å². The molecule has 2 aromatic carbocycles. The molecule has 0 bridgehead atoms. The van der Waals surface area contributed by atoms with Gasteiger partial charge in [-0.25, -0.2) is 4.79 Å². The van der Waals surface area contributed by atoms with Crippen LogP contribution in [0.25, 0.3) is 22.1 Å². The SMILES string of the molecule is NCCCC[C@H](N)C(=O)Oc1cc(O)cc2occ(-c3ccc(O)cc3)c(=O)c12. The van der Waals surface area contributed by atoms with Gasteiger partial charge in [-0.1, -0.05) is 18.6 Å². The summed E-state index contributed by atoms with van der Waals surface area (Å²) >= 11 is 0. The molecular formula is C21H22N2O6. The maximum Gasteiger partial charge on any atom is 0.328 e. The fourth-order valence-electron chi connectivity index (χ4n) is 2.93. The highest BCUT2D eigenvalue weighted by Gasteiger charge is 2.21. The Bertz CT molecular complexity index is 1070. The normalized spacial score (nSPS) is 12.1. The van der Waals surface area contributed by atoms with Crippen LogP contribution in [0.4, 0.5) is 0 Å². The molecule has 0 unspecified atom stereocenters. The van der Waals surface area contributed by atoms with Gasteiger partial charge in [0.25, 0.3) is 0 Å². The van der Waals surface area contributed by atoms with Gasteiger partial charge in [0, 0.05) is 12.1 Å². The first-order valence-corrected chi connectivity index (χ1v) is 9.16. The molecule has 0 radical (unpaired) electrons. The average molecular weight is 398 g/mol. The van der Waals surface area contributed by atoms with E-state index in [2.05, 4.69) is 0 Å². The second-order valence-electron chi connectivity index (χ2n) is 6.65. The van der Waals surface area contributed by atoms with Crippen molar-refractivity contribution in [3.63, 3.8) is 0 Å². The Labute approximate surface area is 166 Å². The molecule has 6 N–H and O–H groups in total. The number of hydrogen-bond donors (Lipinski definition) is 4. The van der Waals surface area contributed by atoms with E-state index in [1.165, 1.54) is 30.5 Å². The zero-order valence-corrected chi connectivity index (χ0v) is 15.6. The minimum Gasteiger partial charge on any atom is -0.508 e. The number of aromatic hydroxyl groups is 2. The van der Waals surface area contributed by atoms with E-state index in [0.29, 0.717) is 24.9 Å². The summed E-state index contributed by atoms with van der Waals surface area (Å²) in [5.74, 6) is -1.02. The maximum atomic E-state index is 13.1. The van der Waals surface area contributed by atoms with E-state index in [1.54, 1.807) is 12.1 Å². The third-order valence-electron chi connectivity index (χ3n) is 4.49. The van der Waals surface area contributed by atoms with Crippen molar-refractivity contribution < 1.29 is 24.2 Å². The highest BCUT2D eigenvalue weighted by Crippen LogP contribution is 2.31. The molecule has 0 aliphatic carbocycles. The molecule has 3 aromatic rings. The van der Waals surface area contributed by atoms with Crippen LogP contribution < -0.4 is 21.6 Å². The van der Waals surface area contributed by atoms with Crippen LogP contribution in [0.15, 0.2) is 51.9 Å². The van der Waals surface area contributed by atoms with Gasteiger partial charge < -0.3 is 30.8 Å². The third-order valence-corrected chi connectivity index (χ3v) is 4.49. The van der Waals surface area contributed by atoms with Crippen molar-refractivity contribution in [3.05, 3.63) is 52.9 Å². The lowest BCUT2D eigenvalue weighted by Crippen LogP contribution is -2.34. The largest absolute Gasteiger partial charge is 0.508 e. The lowest BCUT2D eigenvalue weighted by Gasteiger charge is -2.13. The summed E-state index contributed by atoms with van der Waals surface area (Å²) in [6.45, 7) is 0.500. The number of ether oxygens (including phenoxy) is 1. The fraction of sp³-hybridized carbons (Fsp3) is 0.238. The van der Waals surface area contributed by atoms with Gasteiger partial charge in [0.05, 0.1) is 5.56 Å². The van der Waals surface area contributed by atoms with Crippen LogP contribution in [0.1, 0.15) is 19.3 Å². The van der Waals surface area contributed by atoms with Crippen molar-refractivity contribution in [2.24, 2.45) is 11.5 Å². The second-order valence-corrected chi connectivity index (χ2v) is 6.65. The Balaban J connectivity index is 2.00. The van der Waals surface area contributed by atoms with E-state index in [-0.39, 0.29) is 33.8 Å². The molecule has 1 atom stereocenters. The van der Waals surface area contributed by atoms with E-state index in [4.69, 9.17) is 20.6 Å². The molecule has 1 aromatic heterocycles. The zero-order valence-electron chi connectivity index (χ0n) is 15.6. The van der Waals surface area contributed by atoms with Crippen LogP contribution in [0.5, 0.6) is 17.2 Å². The highest BCUT2D eigenvalue weighted by molar-refractivity contribution is 5.91. The van der Waals surface area contributed by atoms with Gasteiger partial charge in [-0.3, -0.25) is 4.79 Å². The summed E-state index contributed by atoms with van der Waals surface area (Å²) in [4.78, 5) is 25.4. The minimum absolute atomic E-state index is 0.0101. The molecule has 0 saturated heterocycles. The number of unbranched alkanes of at least 4 members (excludes halogenated alkanes) is 1. The molecule has 152 valence electrons. The smallest absolute Gasteiger partial charge is 0.328 e. The number of carbonyl (C=O) groups is 1. The molecule has 8 nitrogen and oxygen atoms in total. The summed E-state index contributed by atoms with van der Waals surface area (Å²) in [7, 11) is 0. The van der Waals surface area contributed by atoms with E-state index < -0.39 is 17.4 Å². The minimum atomic E-state index is -0.883. The molecule has 0 amide bonds. The molecule has 1 heterocycles. The summed E-state index contributed by atoms with van der Waals surface area (Å²) in [6, 6.07) is 7.56. The summed E-state index contributed by atoms with van der Waals surface area (Å²) in [5.41, 5.74) is 11.6. The van der Waals surface area contributed by atoms with E-state index in [1.807, 2.05) is 0 Å². The van der Waals surface area contributed by atoms with E-state index in [0.717, 1.165) is 6.42 Å². The Hall–Kier alpha value is -3.36. The number of nitrogens with two attached hydrogens (primary N) is 2. The van der Waals surface area contributed by atoms with Crippen molar-refractivity contribution in [1.82, 2.24) is 0 Å². The van der Waals surface area contributed by atoms with E-state index >= 15 is 0 Å². The molecule has 0 fully saturated rings. The number of phenolic OH excluding ortho intramolecular Hbond substituents is 2. The summed E-state index contributed by atoms with van der Waals surface area (Å²) in [5, 5.41) is 19.4. The first-order chi connectivity index (χ1) is 13.9. The number of fused-ring (bicyclic) bond motifs is 1. The van der Waals surface area contributed by atoms with Crippen LogP contribution in [0, 0.1) is 0 Å². The molecule has 8 heteroatoms. The van der Waals surface area contributed by atoms with Crippen molar-refractivity contribution in [1.29, 1.82) is 0 Å². The van der Waals surface area contributed by atoms with Gasteiger partial charge in [-0.05, 0) is 37.1 Å². The Morgan fingerprint density at radius 2 is 1.83 bits per heavy atom. The van der Waals surface area contributed by atoms with Gasteiger partial charge in [0.2, 0.25) is 5.43 Å². The van der Waals surface area contributed by atoms with Crippen LogP contribution >= 0.6 is 0 Å². The predicted octanol–water partition coefficient (Wildman–Crippen LogP) is 2.23.